The van der Waals surface area contributed by atoms with Gasteiger partial charge in [0.1, 0.15) is 29.8 Å². The molecular weight excluding hydrogens is 404 g/mol. The minimum Gasteiger partial charge on any atom is -0.490 e. The van der Waals surface area contributed by atoms with Gasteiger partial charge in [-0.2, -0.15) is 23.7 Å². The molecule has 0 spiro atoms. The molecule has 10 heteroatoms. The zero-order valence-electron chi connectivity index (χ0n) is 15.7. The van der Waals surface area contributed by atoms with Crippen molar-refractivity contribution in [2.45, 2.75) is 18.7 Å². The molecule has 0 unspecified atom stereocenters. The highest BCUT2D eigenvalue weighted by Crippen LogP contribution is 2.35. The molecule has 2 rings (SSSR count). The van der Waals surface area contributed by atoms with Gasteiger partial charge in [-0.3, -0.25) is 5.01 Å². The van der Waals surface area contributed by atoms with Crippen molar-refractivity contribution in [3.05, 3.63) is 71.2 Å². The second-order valence-electron chi connectivity index (χ2n) is 6.47. The van der Waals surface area contributed by atoms with Gasteiger partial charge >= 0.3 is 6.18 Å². The molecule has 0 aliphatic rings. The Kier molecular flexibility index (Phi) is 6.36. The van der Waals surface area contributed by atoms with Crippen LogP contribution in [0.5, 0.6) is 5.75 Å². The number of alkyl halides is 3. The summed E-state index contributed by atoms with van der Waals surface area (Å²) in [6.07, 6.45) is -4.78. The van der Waals surface area contributed by atoms with E-state index < -0.39 is 35.3 Å². The summed E-state index contributed by atoms with van der Waals surface area (Å²) in [6.45, 7) is 4.39. The summed E-state index contributed by atoms with van der Waals surface area (Å²) in [6, 6.07) is 9.36. The number of aliphatic hydroxyl groups is 1. The topological polar surface area (TPSA) is 106 Å². The number of hydrazine groups is 1. The molecule has 6 nitrogen and oxygen atoms in total. The molecule has 0 radical (unpaired) electrons. The van der Waals surface area contributed by atoms with Crippen molar-refractivity contribution in [3.8, 4) is 17.9 Å². The number of hydrogen-bond acceptors (Lipinski definition) is 6. The third kappa shape index (κ3) is 4.87. The van der Waals surface area contributed by atoms with Gasteiger partial charge in [-0.1, -0.05) is 6.58 Å². The van der Waals surface area contributed by atoms with E-state index in [4.69, 9.17) is 21.1 Å². The number of hydrogen-bond donors (Lipinski definition) is 2. The monoisotopic (exact) mass is 420 g/mol. The van der Waals surface area contributed by atoms with E-state index >= 15 is 0 Å². The number of rotatable bonds is 6. The van der Waals surface area contributed by atoms with E-state index in [-0.39, 0.29) is 22.7 Å². The molecule has 0 aromatic heterocycles. The Morgan fingerprint density at radius 2 is 1.77 bits per heavy atom. The van der Waals surface area contributed by atoms with Crippen LogP contribution in [0.1, 0.15) is 23.6 Å². The molecule has 0 heterocycles. The summed E-state index contributed by atoms with van der Waals surface area (Å²) >= 11 is 0. The van der Waals surface area contributed by atoms with Crippen LogP contribution in [0.4, 0.5) is 23.2 Å². The number of nitrogens with zero attached hydrogens (tertiary/aromatic N) is 3. The van der Waals surface area contributed by atoms with Gasteiger partial charge < -0.3 is 9.84 Å². The first kappa shape index (κ1) is 22.7. The second-order valence-corrected chi connectivity index (χ2v) is 6.47. The van der Waals surface area contributed by atoms with Crippen LogP contribution in [0.25, 0.3) is 0 Å². The predicted molar refractivity (Wildman–Crippen MR) is 99.2 cm³/mol. The van der Waals surface area contributed by atoms with Crippen molar-refractivity contribution in [1.29, 1.82) is 10.5 Å². The summed E-state index contributed by atoms with van der Waals surface area (Å²) in [4.78, 5) is 0. The Hall–Kier alpha value is -3.60. The van der Waals surface area contributed by atoms with Crippen molar-refractivity contribution < 1.29 is 27.4 Å². The van der Waals surface area contributed by atoms with Gasteiger partial charge in [-0.15, -0.1) is 0 Å². The van der Waals surface area contributed by atoms with Crippen molar-refractivity contribution >= 4 is 5.69 Å². The molecule has 30 heavy (non-hydrogen) atoms. The first-order valence-electron chi connectivity index (χ1n) is 8.31. The van der Waals surface area contributed by atoms with E-state index in [0.717, 1.165) is 17.1 Å². The molecule has 0 amide bonds. The summed E-state index contributed by atoms with van der Waals surface area (Å²) in [7, 11) is 0. The molecule has 2 aromatic rings. The van der Waals surface area contributed by atoms with Gasteiger partial charge in [0.15, 0.2) is 0 Å². The predicted octanol–water partition coefficient (Wildman–Crippen LogP) is 3.61. The summed E-state index contributed by atoms with van der Waals surface area (Å²) in [5.74, 6) is 5.03. The van der Waals surface area contributed by atoms with Crippen molar-refractivity contribution in [2.24, 2.45) is 5.84 Å². The zero-order chi connectivity index (χ0) is 22.7. The van der Waals surface area contributed by atoms with Gasteiger partial charge in [0.2, 0.25) is 0 Å². The molecule has 0 aliphatic carbocycles. The first-order chi connectivity index (χ1) is 13.9. The lowest BCUT2D eigenvalue weighted by Crippen LogP contribution is -2.45. The summed E-state index contributed by atoms with van der Waals surface area (Å²) < 4.78 is 58.4. The van der Waals surface area contributed by atoms with Gasteiger partial charge in [0, 0.05) is 6.07 Å². The smallest absolute Gasteiger partial charge is 0.417 e. The second kappa shape index (κ2) is 8.41. The largest absolute Gasteiger partial charge is 0.490 e. The molecule has 0 bridgehead atoms. The highest BCUT2D eigenvalue weighted by atomic mass is 19.4. The Bertz CT molecular complexity index is 1050. The fourth-order valence-corrected chi connectivity index (χ4v) is 2.41. The zero-order valence-corrected chi connectivity index (χ0v) is 15.7. The Morgan fingerprint density at radius 3 is 2.30 bits per heavy atom. The quantitative estimate of drug-likeness (QED) is 0.420. The van der Waals surface area contributed by atoms with E-state index in [0.29, 0.717) is 6.07 Å². The highest BCUT2D eigenvalue weighted by molar-refractivity contribution is 5.57. The first-order valence-corrected chi connectivity index (χ1v) is 8.31. The maximum absolute atomic E-state index is 13.6. The third-order valence-corrected chi connectivity index (χ3v) is 4.20. The maximum Gasteiger partial charge on any atom is 0.417 e. The average molecular weight is 420 g/mol. The van der Waals surface area contributed by atoms with E-state index in [1.165, 1.54) is 31.2 Å². The lowest BCUT2D eigenvalue weighted by molar-refractivity contribution is -0.137. The van der Waals surface area contributed by atoms with Crippen LogP contribution in [-0.2, 0) is 6.18 Å². The number of ether oxygens (including phenoxy) is 1. The molecular formula is C20H16F4N4O2. The lowest BCUT2D eigenvalue weighted by Gasteiger charge is -2.32. The van der Waals surface area contributed by atoms with E-state index in [1.807, 2.05) is 0 Å². The third-order valence-electron chi connectivity index (χ3n) is 4.20. The molecule has 1 atom stereocenters. The number of nitrogens with two attached hydrogens (primary N) is 1. The minimum absolute atomic E-state index is 0.0147. The Balaban J connectivity index is 2.21. The molecule has 0 fully saturated rings. The van der Waals surface area contributed by atoms with Crippen LogP contribution < -0.4 is 15.6 Å². The Labute approximate surface area is 169 Å². The lowest BCUT2D eigenvalue weighted by atomic mass is 10.0. The van der Waals surface area contributed by atoms with Crippen LogP contribution in [-0.4, -0.2) is 17.3 Å². The molecule has 0 saturated heterocycles. The molecule has 0 saturated carbocycles. The number of nitriles is 2. The van der Waals surface area contributed by atoms with Crippen LogP contribution in [0.2, 0.25) is 0 Å². The fraction of sp³-hybridized carbons (Fsp3) is 0.200. The van der Waals surface area contributed by atoms with Crippen LogP contribution >= 0.6 is 0 Å². The van der Waals surface area contributed by atoms with Gasteiger partial charge in [0.05, 0.1) is 34.1 Å². The summed E-state index contributed by atoms with van der Waals surface area (Å²) in [5.41, 5.74) is -4.19. The average Bonchev–Trinajstić information content (AvgIpc) is 2.70. The minimum atomic E-state index is -4.78. The standard InChI is InChI=1S/C20H16F4N4O2/c1-12(19(2,29)11-30-16-6-4-14(10-26)18(21)8-16)28(27)15-5-3-13(9-25)17(7-15)20(22,23)24/h3-8,29H,1,11,27H2,2H3/t19-/m0/s1. The van der Waals surface area contributed by atoms with Gasteiger partial charge in [0.25, 0.3) is 0 Å². The fourth-order valence-electron chi connectivity index (χ4n) is 2.41. The molecule has 3 N–H and O–H groups in total. The highest BCUT2D eigenvalue weighted by Gasteiger charge is 2.35. The number of halogens is 4. The van der Waals surface area contributed by atoms with Crippen molar-refractivity contribution in [2.75, 3.05) is 11.6 Å². The van der Waals surface area contributed by atoms with Crippen LogP contribution in [0, 0.1) is 28.5 Å². The van der Waals surface area contributed by atoms with Gasteiger partial charge in [-0.25, -0.2) is 10.2 Å². The number of anilines is 1. The van der Waals surface area contributed by atoms with Gasteiger partial charge in [-0.05, 0) is 37.3 Å². The van der Waals surface area contributed by atoms with E-state index in [2.05, 4.69) is 6.58 Å². The van der Waals surface area contributed by atoms with E-state index in [9.17, 15) is 22.7 Å². The SMILES string of the molecule is C=C(N(N)c1ccc(C#N)c(C(F)(F)F)c1)[C@@](C)(O)COc1ccc(C#N)c(F)c1. The normalized spacial score (nSPS) is 13.0. The maximum atomic E-state index is 13.6. The van der Waals surface area contributed by atoms with Crippen LogP contribution in [0.3, 0.4) is 0 Å². The molecule has 2 aromatic carbocycles. The van der Waals surface area contributed by atoms with E-state index in [1.54, 1.807) is 6.07 Å². The Morgan fingerprint density at radius 1 is 1.17 bits per heavy atom. The van der Waals surface area contributed by atoms with Crippen LogP contribution in [0.15, 0.2) is 48.7 Å². The number of benzene rings is 2. The van der Waals surface area contributed by atoms with Crippen molar-refractivity contribution in [3.63, 3.8) is 0 Å². The molecule has 0 aliphatic heterocycles. The molecule has 156 valence electrons. The summed E-state index contributed by atoms with van der Waals surface area (Å²) in [5, 5.41) is 28.9. The van der Waals surface area contributed by atoms with Crippen molar-refractivity contribution in [1.82, 2.24) is 0 Å².